The molecule has 0 aromatic rings. The zero-order valence-corrected chi connectivity index (χ0v) is 10.8. The molecule has 2 unspecified atom stereocenters. The summed E-state index contributed by atoms with van der Waals surface area (Å²) in [5.41, 5.74) is -0.302. The monoisotopic (exact) mass is 228 g/mol. The van der Waals surface area contributed by atoms with E-state index in [1.165, 1.54) is 0 Å². The van der Waals surface area contributed by atoms with Crippen LogP contribution in [0, 0.1) is 5.41 Å². The van der Waals surface area contributed by atoms with Gasteiger partial charge >= 0.3 is 0 Å². The van der Waals surface area contributed by atoms with Gasteiger partial charge in [-0.1, -0.05) is 20.8 Å². The van der Waals surface area contributed by atoms with E-state index in [0.717, 1.165) is 19.6 Å². The van der Waals surface area contributed by atoms with Gasteiger partial charge in [0.15, 0.2) is 0 Å². The van der Waals surface area contributed by atoms with Crippen molar-refractivity contribution >= 4 is 5.91 Å². The van der Waals surface area contributed by atoms with E-state index in [9.17, 15) is 4.79 Å². The molecule has 94 valence electrons. The maximum atomic E-state index is 11.6. The fraction of sp³-hybridized carbons (Fsp3) is 0.917. The van der Waals surface area contributed by atoms with Crippen molar-refractivity contribution in [3.8, 4) is 0 Å². The molecule has 0 bridgehead atoms. The first-order valence-corrected chi connectivity index (χ1v) is 6.04. The summed E-state index contributed by atoms with van der Waals surface area (Å²) >= 11 is 0. The molecule has 0 aromatic carbocycles. The lowest BCUT2D eigenvalue weighted by Gasteiger charge is -2.19. The van der Waals surface area contributed by atoms with Gasteiger partial charge in [0.05, 0.1) is 6.10 Å². The predicted molar refractivity (Wildman–Crippen MR) is 64.3 cm³/mol. The Balaban J connectivity index is 2.10. The summed E-state index contributed by atoms with van der Waals surface area (Å²) in [5.74, 6) is 0.102. The summed E-state index contributed by atoms with van der Waals surface area (Å²) < 4.78 is 5.45. The first kappa shape index (κ1) is 13.5. The number of nitrogens with one attached hydrogen (secondary N) is 2. The highest BCUT2D eigenvalue weighted by molar-refractivity contribution is 5.81. The summed E-state index contributed by atoms with van der Waals surface area (Å²) in [7, 11) is 0. The molecule has 4 heteroatoms. The molecule has 2 atom stereocenters. The molecule has 0 aliphatic carbocycles. The second kappa shape index (κ2) is 5.64. The van der Waals surface area contributed by atoms with E-state index in [2.05, 4.69) is 17.6 Å². The Labute approximate surface area is 98.1 Å². The second-order valence-corrected chi connectivity index (χ2v) is 5.43. The summed E-state index contributed by atoms with van der Waals surface area (Å²) in [6.07, 6.45) is 1.35. The van der Waals surface area contributed by atoms with Crippen molar-refractivity contribution in [3.63, 3.8) is 0 Å². The molecule has 16 heavy (non-hydrogen) atoms. The third-order valence-corrected chi connectivity index (χ3v) is 2.87. The van der Waals surface area contributed by atoms with Crippen molar-refractivity contribution < 1.29 is 9.53 Å². The third-order valence-electron chi connectivity index (χ3n) is 2.87. The van der Waals surface area contributed by atoms with Crippen LogP contribution in [0.2, 0.25) is 0 Å². The molecule has 0 spiro atoms. The van der Waals surface area contributed by atoms with Crippen LogP contribution in [-0.2, 0) is 9.53 Å². The Hall–Kier alpha value is -0.610. The molecule has 1 heterocycles. The Morgan fingerprint density at radius 1 is 1.38 bits per heavy atom. The average Bonchev–Trinajstić information content (AvgIpc) is 2.57. The zero-order valence-electron chi connectivity index (χ0n) is 10.8. The fourth-order valence-electron chi connectivity index (χ4n) is 1.70. The molecule has 1 aliphatic rings. The zero-order chi connectivity index (χ0) is 12.2. The Kier molecular flexibility index (Phi) is 4.74. The summed E-state index contributed by atoms with van der Waals surface area (Å²) in [4.78, 5) is 11.6. The van der Waals surface area contributed by atoms with Crippen LogP contribution in [0.15, 0.2) is 0 Å². The van der Waals surface area contributed by atoms with Crippen molar-refractivity contribution in [2.75, 3.05) is 19.7 Å². The Morgan fingerprint density at radius 3 is 2.56 bits per heavy atom. The molecule has 1 saturated heterocycles. The number of carbonyl (C=O) groups excluding carboxylic acids is 1. The summed E-state index contributed by atoms with van der Waals surface area (Å²) in [6, 6.07) is 0.437. The highest BCUT2D eigenvalue weighted by Gasteiger charge is 2.23. The van der Waals surface area contributed by atoms with Crippen molar-refractivity contribution in [2.24, 2.45) is 5.41 Å². The quantitative estimate of drug-likeness (QED) is 0.703. The van der Waals surface area contributed by atoms with E-state index >= 15 is 0 Å². The lowest BCUT2D eigenvalue weighted by atomic mass is 9.96. The van der Waals surface area contributed by atoms with Gasteiger partial charge in [-0.3, -0.25) is 4.79 Å². The molecule has 0 radical (unpaired) electrons. The molecular weight excluding hydrogens is 204 g/mol. The van der Waals surface area contributed by atoms with Gasteiger partial charge in [0, 0.05) is 31.2 Å². The van der Waals surface area contributed by atoms with Gasteiger partial charge in [-0.25, -0.2) is 0 Å². The van der Waals surface area contributed by atoms with E-state index in [4.69, 9.17) is 4.74 Å². The van der Waals surface area contributed by atoms with Gasteiger partial charge in [-0.2, -0.15) is 0 Å². The van der Waals surface area contributed by atoms with E-state index < -0.39 is 0 Å². The standard InChI is InChI=1S/C12H24N2O2/c1-9-10(5-8-16-9)13-6-7-14-11(15)12(2,3)4/h9-10,13H,5-8H2,1-4H3,(H,14,15). The smallest absolute Gasteiger partial charge is 0.225 e. The SMILES string of the molecule is CC1OCCC1NCCNC(=O)C(C)(C)C. The van der Waals surface area contributed by atoms with Crippen molar-refractivity contribution in [1.82, 2.24) is 10.6 Å². The van der Waals surface area contributed by atoms with Crippen LogP contribution in [-0.4, -0.2) is 37.7 Å². The number of rotatable bonds is 4. The average molecular weight is 228 g/mol. The largest absolute Gasteiger partial charge is 0.377 e. The highest BCUT2D eigenvalue weighted by atomic mass is 16.5. The van der Waals surface area contributed by atoms with E-state index in [-0.39, 0.29) is 11.3 Å². The van der Waals surface area contributed by atoms with Crippen LogP contribution in [0.5, 0.6) is 0 Å². The summed E-state index contributed by atoms with van der Waals surface area (Å²) in [5, 5.41) is 6.32. The maximum Gasteiger partial charge on any atom is 0.225 e. The predicted octanol–water partition coefficient (Wildman–Crippen LogP) is 0.916. The summed E-state index contributed by atoms with van der Waals surface area (Å²) in [6.45, 7) is 10.2. The van der Waals surface area contributed by atoms with Gasteiger partial charge in [-0.05, 0) is 13.3 Å². The van der Waals surface area contributed by atoms with Gasteiger partial charge in [0.1, 0.15) is 0 Å². The lowest BCUT2D eigenvalue weighted by Crippen LogP contribution is -2.42. The van der Waals surface area contributed by atoms with E-state index in [1.807, 2.05) is 20.8 Å². The van der Waals surface area contributed by atoms with E-state index in [0.29, 0.717) is 18.7 Å². The van der Waals surface area contributed by atoms with Crippen LogP contribution in [0.4, 0.5) is 0 Å². The van der Waals surface area contributed by atoms with Crippen LogP contribution in [0.1, 0.15) is 34.1 Å². The number of hydrogen-bond acceptors (Lipinski definition) is 3. The number of carbonyl (C=O) groups is 1. The molecule has 4 nitrogen and oxygen atoms in total. The third kappa shape index (κ3) is 4.10. The molecule has 1 rings (SSSR count). The molecule has 0 aromatic heterocycles. The molecule has 1 aliphatic heterocycles. The van der Waals surface area contributed by atoms with Crippen molar-refractivity contribution in [2.45, 2.75) is 46.3 Å². The van der Waals surface area contributed by atoms with Crippen molar-refractivity contribution in [3.05, 3.63) is 0 Å². The number of hydrogen-bond donors (Lipinski definition) is 2. The molecule has 1 amide bonds. The number of ether oxygens (including phenoxy) is 1. The minimum atomic E-state index is -0.302. The minimum Gasteiger partial charge on any atom is -0.377 e. The van der Waals surface area contributed by atoms with Crippen LogP contribution >= 0.6 is 0 Å². The van der Waals surface area contributed by atoms with Gasteiger partial charge in [0.25, 0.3) is 0 Å². The highest BCUT2D eigenvalue weighted by Crippen LogP contribution is 2.13. The van der Waals surface area contributed by atoms with Crippen molar-refractivity contribution in [1.29, 1.82) is 0 Å². The Bertz CT molecular complexity index is 236. The Morgan fingerprint density at radius 2 is 2.06 bits per heavy atom. The molecule has 0 saturated carbocycles. The maximum absolute atomic E-state index is 11.6. The topological polar surface area (TPSA) is 50.4 Å². The van der Waals surface area contributed by atoms with Crippen LogP contribution in [0.3, 0.4) is 0 Å². The van der Waals surface area contributed by atoms with Gasteiger partial charge in [0.2, 0.25) is 5.91 Å². The first-order chi connectivity index (χ1) is 7.41. The normalized spacial score (nSPS) is 25.8. The fourth-order valence-corrected chi connectivity index (χ4v) is 1.70. The van der Waals surface area contributed by atoms with Gasteiger partial charge < -0.3 is 15.4 Å². The lowest BCUT2D eigenvalue weighted by molar-refractivity contribution is -0.128. The van der Waals surface area contributed by atoms with Gasteiger partial charge in [-0.15, -0.1) is 0 Å². The number of amides is 1. The second-order valence-electron chi connectivity index (χ2n) is 5.43. The van der Waals surface area contributed by atoms with Crippen LogP contribution < -0.4 is 10.6 Å². The first-order valence-electron chi connectivity index (χ1n) is 6.04. The van der Waals surface area contributed by atoms with E-state index in [1.54, 1.807) is 0 Å². The van der Waals surface area contributed by atoms with Crippen LogP contribution in [0.25, 0.3) is 0 Å². The molecule has 1 fully saturated rings. The minimum absolute atomic E-state index is 0.102. The molecule has 2 N–H and O–H groups in total. The molecular formula is C12H24N2O2.